The van der Waals surface area contributed by atoms with Crippen molar-refractivity contribution in [1.29, 1.82) is 0 Å². The molecule has 2 N–H and O–H groups in total. The summed E-state index contributed by atoms with van der Waals surface area (Å²) in [6, 6.07) is 3.94. The van der Waals surface area contributed by atoms with Crippen LogP contribution in [0.25, 0.3) is 0 Å². The number of benzene rings is 1. The summed E-state index contributed by atoms with van der Waals surface area (Å²) in [5.41, 5.74) is 8.60. The fraction of sp³-hybridized carbons (Fsp3) is 0.571. The largest absolute Gasteiger partial charge is 0.496 e. The number of hydrogen-bond donors (Lipinski definition) is 1. The summed E-state index contributed by atoms with van der Waals surface area (Å²) >= 11 is 6.18. The predicted octanol–water partition coefficient (Wildman–Crippen LogP) is 3.43. The number of hydrogen-bond acceptors (Lipinski definition) is 2. The van der Waals surface area contributed by atoms with Crippen molar-refractivity contribution in [2.24, 2.45) is 5.73 Å². The van der Waals surface area contributed by atoms with E-state index in [9.17, 15) is 0 Å². The maximum Gasteiger partial charge on any atom is 0.123 e. The van der Waals surface area contributed by atoms with Gasteiger partial charge in [0.05, 0.1) is 7.11 Å². The van der Waals surface area contributed by atoms with Gasteiger partial charge in [0.25, 0.3) is 0 Å². The van der Waals surface area contributed by atoms with E-state index in [1.54, 1.807) is 7.11 Å². The number of ether oxygens (including phenoxy) is 1. The van der Waals surface area contributed by atoms with Gasteiger partial charge < -0.3 is 10.5 Å². The molecule has 0 heterocycles. The molecule has 2 rings (SSSR count). The Labute approximate surface area is 108 Å². The van der Waals surface area contributed by atoms with Crippen LogP contribution in [0.2, 0.25) is 5.02 Å². The highest BCUT2D eigenvalue weighted by Crippen LogP contribution is 2.44. The van der Waals surface area contributed by atoms with Gasteiger partial charge in [0, 0.05) is 17.0 Å². The lowest BCUT2D eigenvalue weighted by molar-refractivity contribution is 0.403. The van der Waals surface area contributed by atoms with Gasteiger partial charge in [-0.25, -0.2) is 0 Å². The molecule has 0 unspecified atom stereocenters. The highest BCUT2D eigenvalue weighted by molar-refractivity contribution is 6.30. The standard InChI is InChI=1S/C14H20ClNO/c1-10-12(7-11(15)8-13(10)17-2)14(9-16)5-3-4-6-14/h7-8H,3-6,9,16H2,1-2H3. The number of rotatable bonds is 3. The smallest absolute Gasteiger partial charge is 0.123 e. The summed E-state index contributed by atoms with van der Waals surface area (Å²) < 4.78 is 5.39. The quantitative estimate of drug-likeness (QED) is 0.896. The van der Waals surface area contributed by atoms with Crippen LogP contribution >= 0.6 is 11.6 Å². The Balaban J connectivity index is 2.53. The minimum Gasteiger partial charge on any atom is -0.496 e. The first-order valence-electron chi connectivity index (χ1n) is 6.17. The van der Waals surface area contributed by atoms with E-state index in [1.807, 2.05) is 6.07 Å². The maximum absolute atomic E-state index is 6.18. The molecule has 0 spiro atoms. The van der Waals surface area contributed by atoms with Crippen molar-refractivity contribution in [2.75, 3.05) is 13.7 Å². The van der Waals surface area contributed by atoms with Gasteiger partial charge in [0.1, 0.15) is 5.75 Å². The minimum atomic E-state index is 0.113. The van der Waals surface area contributed by atoms with Crippen LogP contribution in [0.5, 0.6) is 5.75 Å². The van der Waals surface area contributed by atoms with Crippen LogP contribution in [0.3, 0.4) is 0 Å². The molecule has 94 valence electrons. The fourth-order valence-electron chi connectivity index (χ4n) is 3.05. The maximum atomic E-state index is 6.18. The Morgan fingerprint density at radius 2 is 2.00 bits per heavy atom. The molecular weight excluding hydrogens is 234 g/mol. The Morgan fingerprint density at radius 3 is 2.53 bits per heavy atom. The second-order valence-electron chi connectivity index (χ2n) is 4.97. The van der Waals surface area contributed by atoms with Crippen molar-refractivity contribution in [3.63, 3.8) is 0 Å². The average Bonchev–Trinajstić information content (AvgIpc) is 2.81. The summed E-state index contributed by atoms with van der Waals surface area (Å²) in [6.45, 7) is 2.79. The molecule has 1 aromatic rings. The summed E-state index contributed by atoms with van der Waals surface area (Å²) in [5, 5.41) is 0.738. The van der Waals surface area contributed by atoms with Gasteiger partial charge in [0.2, 0.25) is 0 Å². The fourth-order valence-corrected chi connectivity index (χ4v) is 3.26. The highest BCUT2D eigenvalue weighted by atomic mass is 35.5. The first kappa shape index (κ1) is 12.7. The van der Waals surface area contributed by atoms with Crippen molar-refractivity contribution in [1.82, 2.24) is 0 Å². The van der Waals surface area contributed by atoms with Gasteiger partial charge in [-0.2, -0.15) is 0 Å². The molecule has 0 amide bonds. The lowest BCUT2D eigenvalue weighted by atomic mass is 9.77. The zero-order valence-corrected chi connectivity index (χ0v) is 11.3. The SMILES string of the molecule is COc1cc(Cl)cc(C2(CN)CCCC2)c1C. The third-order valence-corrected chi connectivity index (χ3v) is 4.29. The second kappa shape index (κ2) is 4.87. The Bertz CT molecular complexity index is 411. The highest BCUT2D eigenvalue weighted by Gasteiger charge is 2.36. The monoisotopic (exact) mass is 253 g/mol. The van der Waals surface area contributed by atoms with E-state index in [4.69, 9.17) is 22.1 Å². The molecule has 0 saturated heterocycles. The molecule has 2 nitrogen and oxygen atoms in total. The topological polar surface area (TPSA) is 35.2 Å². The van der Waals surface area contributed by atoms with Crippen molar-refractivity contribution in [2.45, 2.75) is 38.0 Å². The van der Waals surface area contributed by atoms with Gasteiger partial charge in [-0.15, -0.1) is 0 Å². The minimum absolute atomic E-state index is 0.113. The zero-order chi connectivity index (χ0) is 12.5. The normalized spacial score (nSPS) is 18.4. The summed E-state index contributed by atoms with van der Waals surface area (Å²) in [5.74, 6) is 0.868. The van der Waals surface area contributed by atoms with Gasteiger partial charge in [-0.3, -0.25) is 0 Å². The lowest BCUT2D eigenvalue weighted by Gasteiger charge is -2.30. The zero-order valence-electron chi connectivity index (χ0n) is 10.6. The molecule has 1 aliphatic carbocycles. The molecule has 1 aliphatic rings. The molecule has 3 heteroatoms. The van der Waals surface area contributed by atoms with Crippen molar-refractivity contribution in [3.8, 4) is 5.75 Å². The Morgan fingerprint density at radius 1 is 1.35 bits per heavy atom. The van der Waals surface area contributed by atoms with Crippen LogP contribution in [0.15, 0.2) is 12.1 Å². The molecule has 1 fully saturated rings. The third-order valence-electron chi connectivity index (χ3n) is 4.07. The molecule has 0 aromatic heterocycles. The average molecular weight is 254 g/mol. The molecule has 1 aromatic carbocycles. The van der Waals surface area contributed by atoms with Crippen LogP contribution < -0.4 is 10.5 Å². The van der Waals surface area contributed by atoms with E-state index < -0.39 is 0 Å². The molecular formula is C14H20ClNO. The van der Waals surface area contributed by atoms with Crippen LogP contribution in [-0.2, 0) is 5.41 Å². The molecule has 0 atom stereocenters. The summed E-state index contributed by atoms with van der Waals surface area (Å²) in [4.78, 5) is 0. The van der Waals surface area contributed by atoms with E-state index in [-0.39, 0.29) is 5.41 Å². The summed E-state index contributed by atoms with van der Waals surface area (Å²) in [6.07, 6.45) is 4.83. The van der Waals surface area contributed by atoms with E-state index in [1.165, 1.54) is 24.0 Å². The van der Waals surface area contributed by atoms with Crippen LogP contribution in [0, 0.1) is 6.92 Å². The van der Waals surface area contributed by atoms with Crippen molar-refractivity contribution >= 4 is 11.6 Å². The van der Waals surface area contributed by atoms with Crippen molar-refractivity contribution in [3.05, 3.63) is 28.3 Å². The van der Waals surface area contributed by atoms with E-state index >= 15 is 0 Å². The van der Waals surface area contributed by atoms with Gasteiger partial charge in [-0.05, 0) is 43.0 Å². The predicted molar refractivity (Wildman–Crippen MR) is 71.9 cm³/mol. The Hall–Kier alpha value is -0.730. The number of halogens is 1. The molecule has 0 radical (unpaired) electrons. The van der Waals surface area contributed by atoms with E-state index in [2.05, 4.69) is 13.0 Å². The molecule has 17 heavy (non-hydrogen) atoms. The van der Waals surface area contributed by atoms with E-state index in [0.29, 0.717) is 6.54 Å². The first-order chi connectivity index (χ1) is 8.13. The van der Waals surface area contributed by atoms with Gasteiger partial charge >= 0.3 is 0 Å². The molecule has 0 bridgehead atoms. The van der Waals surface area contributed by atoms with Crippen LogP contribution in [0.1, 0.15) is 36.8 Å². The number of methoxy groups -OCH3 is 1. The molecule has 0 aliphatic heterocycles. The second-order valence-corrected chi connectivity index (χ2v) is 5.41. The van der Waals surface area contributed by atoms with Crippen molar-refractivity contribution < 1.29 is 4.74 Å². The number of nitrogens with two attached hydrogens (primary N) is 1. The van der Waals surface area contributed by atoms with E-state index in [0.717, 1.165) is 23.6 Å². The van der Waals surface area contributed by atoms with Gasteiger partial charge in [-0.1, -0.05) is 24.4 Å². The lowest BCUT2D eigenvalue weighted by Crippen LogP contribution is -2.32. The third kappa shape index (κ3) is 2.16. The summed E-state index contributed by atoms with van der Waals surface area (Å²) in [7, 11) is 1.69. The van der Waals surface area contributed by atoms with Crippen LogP contribution in [-0.4, -0.2) is 13.7 Å². The van der Waals surface area contributed by atoms with Crippen LogP contribution in [0.4, 0.5) is 0 Å². The first-order valence-corrected chi connectivity index (χ1v) is 6.55. The Kier molecular flexibility index (Phi) is 3.64. The van der Waals surface area contributed by atoms with Gasteiger partial charge in [0.15, 0.2) is 0 Å². The molecule has 1 saturated carbocycles.